The Labute approximate surface area is 253 Å². The molecule has 0 saturated carbocycles. The Balaban J connectivity index is 1.38. The third-order valence-corrected chi connectivity index (χ3v) is 10.1. The van der Waals surface area contributed by atoms with Crippen LogP contribution in [-0.2, 0) is 0 Å². The van der Waals surface area contributed by atoms with Gasteiger partial charge < -0.3 is 8.83 Å². The van der Waals surface area contributed by atoms with Crippen LogP contribution in [0.3, 0.4) is 0 Å². The zero-order valence-corrected chi connectivity index (χ0v) is 23.9. The summed E-state index contributed by atoms with van der Waals surface area (Å²) in [7, 11) is 0. The monoisotopic (exact) mass is 581 g/mol. The second-order valence-corrected chi connectivity index (χ2v) is 12.4. The van der Waals surface area contributed by atoms with Gasteiger partial charge in [-0.3, -0.25) is 4.57 Å². The number of nitrogens with zero attached hydrogens (tertiary/aromatic N) is 3. The zero-order chi connectivity index (χ0) is 28.5. The van der Waals surface area contributed by atoms with E-state index in [0.717, 1.165) is 87.8 Å². The van der Waals surface area contributed by atoms with Gasteiger partial charge in [-0.2, -0.15) is 0 Å². The SMILES string of the molecule is c1ccc2c(c1)Sc1cccc3nc(-n4c5ccc6oc7ccccc7c6c5c5c6c(ccc54)oc4ccccc46)nc-2c13. The van der Waals surface area contributed by atoms with E-state index in [2.05, 4.69) is 95.6 Å². The van der Waals surface area contributed by atoms with Crippen molar-refractivity contribution in [1.29, 1.82) is 0 Å². The Morgan fingerprint density at radius 1 is 0.477 bits per heavy atom. The molecule has 1 aliphatic rings. The van der Waals surface area contributed by atoms with Crippen LogP contribution in [0.25, 0.3) is 93.8 Å². The van der Waals surface area contributed by atoms with Crippen molar-refractivity contribution in [2.24, 2.45) is 0 Å². The molecule has 10 aromatic rings. The van der Waals surface area contributed by atoms with E-state index in [-0.39, 0.29) is 0 Å². The quantitative estimate of drug-likeness (QED) is 0.193. The predicted octanol–water partition coefficient (Wildman–Crippen LogP) is 10.7. The number of fused-ring (bicyclic) bond motifs is 13. The van der Waals surface area contributed by atoms with Gasteiger partial charge in [0.25, 0.3) is 0 Å². The maximum absolute atomic E-state index is 6.39. The van der Waals surface area contributed by atoms with Gasteiger partial charge in [-0.05, 0) is 54.6 Å². The van der Waals surface area contributed by atoms with Crippen LogP contribution in [0.2, 0.25) is 0 Å². The van der Waals surface area contributed by atoms with Gasteiger partial charge in [0.2, 0.25) is 5.95 Å². The first-order chi connectivity index (χ1) is 21.8. The topological polar surface area (TPSA) is 57.0 Å². The number of hydrogen-bond donors (Lipinski definition) is 0. The Kier molecular flexibility index (Phi) is 4.21. The summed E-state index contributed by atoms with van der Waals surface area (Å²) in [6.07, 6.45) is 0. The standard InChI is InChI=1S/C38H19N3O2S/c1-4-12-26-20(8-1)32-28(42-26)18-16-24-35(32)36-25(17-19-29-33(36)21-9-2-5-13-27(21)43-29)41(24)38-39-23-11-7-15-31-34(23)37(40-38)22-10-3-6-14-30(22)44-31/h1-19H. The largest absolute Gasteiger partial charge is 0.456 e. The van der Waals surface area contributed by atoms with Crippen molar-refractivity contribution in [1.82, 2.24) is 14.5 Å². The van der Waals surface area contributed by atoms with Crippen LogP contribution in [0.15, 0.2) is 134 Å². The Hall–Kier alpha value is -5.59. The summed E-state index contributed by atoms with van der Waals surface area (Å²) < 4.78 is 15.0. The Bertz CT molecular complexity index is 2750. The van der Waals surface area contributed by atoms with Crippen molar-refractivity contribution in [3.05, 3.63) is 115 Å². The van der Waals surface area contributed by atoms with Crippen LogP contribution in [0.5, 0.6) is 0 Å². The number of para-hydroxylation sites is 2. The predicted molar refractivity (Wildman–Crippen MR) is 178 cm³/mol. The molecule has 204 valence electrons. The number of benzene rings is 6. The average Bonchev–Trinajstić information content (AvgIpc) is 3.73. The molecule has 0 N–H and O–H groups in total. The minimum absolute atomic E-state index is 0.644. The van der Waals surface area contributed by atoms with Crippen LogP contribution in [-0.4, -0.2) is 14.5 Å². The summed E-state index contributed by atoms with van der Waals surface area (Å²) >= 11 is 1.78. The molecule has 0 radical (unpaired) electrons. The van der Waals surface area contributed by atoms with Crippen molar-refractivity contribution in [2.75, 3.05) is 0 Å². The summed E-state index contributed by atoms with van der Waals surface area (Å²) in [5.41, 5.74) is 8.54. The highest BCUT2D eigenvalue weighted by molar-refractivity contribution is 7.99. The van der Waals surface area contributed by atoms with E-state index in [4.69, 9.17) is 18.8 Å². The normalized spacial score (nSPS) is 12.9. The lowest BCUT2D eigenvalue weighted by molar-refractivity contribution is 0.668. The van der Waals surface area contributed by atoms with Crippen LogP contribution in [0, 0.1) is 0 Å². The molecule has 0 aliphatic carbocycles. The minimum Gasteiger partial charge on any atom is -0.456 e. The number of furan rings is 2. The third-order valence-electron chi connectivity index (χ3n) is 9.01. The van der Waals surface area contributed by atoms with Gasteiger partial charge in [-0.25, -0.2) is 9.97 Å². The van der Waals surface area contributed by atoms with Crippen molar-refractivity contribution in [2.45, 2.75) is 9.79 Å². The molecule has 6 aromatic carbocycles. The first-order valence-corrected chi connectivity index (χ1v) is 15.4. The average molecular weight is 582 g/mol. The first-order valence-electron chi connectivity index (χ1n) is 14.6. The lowest BCUT2D eigenvalue weighted by atomic mass is 10.0. The van der Waals surface area contributed by atoms with Crippen molar-refractivity contribution in [3.8, 4) is 17.2 Å². The maximum atomic E-state index is 6.39. The molecule has 0 unspecified atom stereocenters. The van der Waals surface area contributed by atoms with Crippen LogP contribution < -0.4 is 0 Å². The zero-order valence-electron chi connectivity index (χ0n) is 23.0. The smallest absolute Gasteiger partial charge is 0.235 e. The fourth-order valence-electron chi connectivity index (χ4n) is 7.22. The summed E-state index contributed by atoms with van der Waals surface area (Å²) in [4.78, 5) is 13.0. The van der Waals surface area contributed by atoms with Crippen LogP contribution in [0.4, 0.5) is 0 Å². The maximum Gasteiger partial charge on any atom is 0.235 e. The Morgan fingerprint density at radius 3 is 1.80 bits per heavy atom. The summed E-state index contributed by atoms with van der Waals surface area (Å²) in [6, 6.07) is 39.8. The molecule has 6 heteroatoms. The highest BCUT2D eigenvalue weighted by Crippen LogP contribution is 2.48. The summed E-state index contributed by atoms with van der Waals surface area (Å²) in [5, 5.41) is 7.68. The van der Waals surface area contributed by atoms with Crippen molar-refractivity contribution < 1.29 is 8.83 Å². The van der Waals surface area contributed by atoms with Gasteiger partial charge >= 0.3 is 0 Å². The van der Waals surface area contributed by atoms with E-state index in [0.29, 0.717) is 5.95 Å². The third kappa shape index (κ3) is 2.81. The molecule has 0 spiro atoms. The van der Waals surface area contributed by atoms with E-state index in [1.165, 1.54) is 9.79 Å². The molecule has 11 rings (SSSR count). The molecule has 5 heterocycles. The van der Waals surface area contributed by atoms with E-state index in [1.807, 2.05) is 24.3 Å². The van der Waals surface area contributed by atoms with E-state index >= 15 is 0 Å². The molecule has 0 bridgehead atoms. The fourth-order valence-corrected chi connectivity index (χ4v) is 8.33. The van der Waals surface area contributed by atoms with Gasteiger partial charge in [-0.1, -0.05) is 72.4 Å². The fraction of sp³-hybridized carbons (Fsp3) is 0. The van der Waals surface area contributed by atoms with Crippen molar-refractivity contribution in [3.63, 3.8) is 0 Å². The van der Waals surface area contributed by atoms with E-state index in [9.17, 15) is 0 Å². The molecule has 44 heavy (non-hydrogen) atoms. The lowest BCUT2D eigenvalue weighted by Gasteiger charge is -2.20. The highest BCUT2D eigenvalue weighted by atomic mass is 32.2. The molecular weight excluding hydrogens is 563 g/mol. The second-order valence-electron chi connectivity index (χ2n) is 11.3. The van der Waals surface area contributed by atoms with Gasteiger partial charge in [0.1, 0.15) is 22.3 Å². The number of aromatic nitrogens is 3. The van der Waals surface area contributed by atoms with Crippen LogP contribution in [0.1, 0.15) is 0 Å². The van der Waals surface area contributed by atoms with Crippen LogP contribution >= 0.6 is 11.8 Å². The van der Waals surface area contributed by atoms with Gasteiger partial charge in [-0.15, -0.1) is 0 Å². The molecule has 0 saturated heterocycles. The van der Waals surface area contributed by atoms with Gasteiger partial charge in [0.15, 0.2) is 0 Å². The second kappa shape index (κ2) is 8.07. The number of hydrogen-bond acceptors (Lipinski definition) is 5. The van der Waals surface area contributed by atoms with E-state index in [1.54, 1.807) is 11.8 Å². The lowest BCUT2D eigenvalue weighted by Crippen LogP contribution is -2.05. The van der Waals surface area contributed by atoms with E-state index < -0.39 is 0 Å². The van der Waals surface area contributed by atoms with Crippen molar-refractivity contribution >= 4 is 88.3 Å². The molecule has 0 atom stereocenters. The molecule has 1 aliphatic heterocycles. The van der Waals surface area contributed by atoms with Gasteiger partial charge in [0, 0.05) is 53.1 Å². The minimum atomic E-state index is 0.644. The molecule has 0 fully saturated rings. The summed E-state index contributed by atoms with van der Waals surface area (Å²) in [6.45, 7) is 0. The van der Waals surface area contributed by atoms with Gasteiger partial charge in [0.05, 0.1) is 22.2 Å². The molecule has 0 amide bonds. The number of rotatable bonds is 1. The molecular formula is C38H19N3O2S. The molecule has 5 nitrogen and oxygen atoms in total. The molecule has 4 aromatic heterocycles. The highest BCUT2D eigenvalue weighted by Gasteiger charge is 2.26. The Morgan fingerprint density at radius 2 is 1.09 bits per heavy atom. The first kappa shape index (κ1) is 22.9. The summed E-state index contributed by atoms with van der Waals surface area (Å²) in [5.74, 6) is 0.644.